The summed E-state index contributed by atoms with van der Waals surface area (Å²) in [4.78, 5) is 35.3. The van der Waals surface area contributed by atoms with Crippen LogP contribution in [0.3, 0.4) is 0 Å². The van der Waals surface area contributed by atoms with Crippen LogP contribution in [0.4, 0.5) is 42.5 Å². The van der Waals surface area contributed by atoms with Crippen molar-refractivity contribution in [3.8, 4) is 22.7 Å². The third-order valence-electron chi connectivity index (χ3n) is 6.80. The molecule has 2 heterocycles. The zero-order valence-electron chi connectivity index (χ0n) is 24.2. The SMILES string of the molecule is Cc1ccc(OCCC(F)(F)F)c(N2C(=O)CSC2=NC(=O)Nc2ccc(-c3cn(-c4ccc(C(F)(F)F)cc4)cn3)cc2C)c1. The minimum Gasteiger partial charge on any atom is -0.491 e. The molecular weight excluding hydrogens is 636 g/mol. The number of alkyl halides is 6. The van der Waals surface area contributed by atoms with Crippen molar-refractivity contribution in [1.29, 1.82) is 0 Å². The quantitative estimate of drug-likeness (QED) is 0.202. The molecule has 1 N–H and O–H groups in total. The first-order valence-electron chi connectivity index (χ1n) is 13.7. The van der Waals surface area contributed by atoms with E-state index in [9.17, 15) is 35.9 Å². The molecule has 1 aliphatic heterocycles. The number of carbonyl (C=O) groups excluding carboxylic acids is 2. The Kier molecular flexibility index (Phi) is 9.15. The third kappa shape index (κ3) is 7.70. The van der Waals surface area contributed by atoms with Gasteiger partial charge < -0.3 is 14.6 Å². The zero-order chi connectivity index (χ0) is 33.2. The highest BCUT2D eigenvalue weighted by molar-refractivity contribution is 8.15. The number of hydrogen-bond acceptors (Lipinski definition) is 5. The highest BCUT2D eigenvalue weighted by Gasteiger charge is 2.34. The maximum atomic E-state index is 12.9. The van der Waals surface area contributed by atoms with Crippen molar-refractivity contribution in [2.24, 2.45) is 4.99 Å². The Labute approximate surface area is 263 Å². The molecule has 0 atom stereocenters. The molecule has 15 heteroatoms. The van der Waals surface area contributed by atoms with E-state index in [4.69, 9.17) is 4.74 Å². The lowest BCUT2D eigenvalue weighted by atomic mass is 10.1. The number of halogens is 6. The van der Waals surface area contributed by atoms with Crippen LogP contribution >= 0.6 is 11.8 Å². The van der Waals surface area contributed by atoms with Gasteiger partial charge in [-0.1, -0.05) is 23.9 Å². The van der Waals surface area contributed by atoms with Crippen LogP contribution in [0.1, 0.15) is 23.1 Å². The maximum Gasteiger partial charge on any atom is 0.416 e. The molecule has 0 unspecified atom stereocenters. The molecular formula is C31H25F6N5O3S. The van der Waals surface area contributed by atoms with Gasteiger partial charge in [0.25, 0.3) is 0 Å². The van der Waals surface area contributed by atoms with Gasteiger partial charge in [0.05, 0.1) is 42.1 Å². The van der Waals surface area contributed by atoms with Gasteiger partial charge in [0.1, 0.15) is 5.75 Å². The molecule has 240 valence electrons. The van der Waals surface area contributed by atoms with Crippen LogP contribution in [-0.2, 0) is 11.0 Å². The number of amidine groups is 1. The van der Waals surface area contributed by atoms with Crippen LogP contribution in [0.2, 0.25) is 0 Å². The average Bonchev–Trinajstić information content (AvgIpc) is 3.61. The lowest BCUT2D eigenvalue weighted by Crippen LogP contribution is -2.31. The first-order chi connectivity index (χ1) is 21.7. The first-order valence-corrected chi connectivity index (χ1v) is 14.6. The van der Waals surface area contributed by atoms with Gasteiger partial charge in [0.2, 0.25) is 5.91 Å². The summed E-state index contributed by atoms with van der Waals surface area (Å²) in [6.07, 6.45) is -6.88. The summed E-state index contributed by atoms with van der Waals surface area (Å²) in [5.41, 5.74) is 2.95. The van der Waals surface area contributed by atoms with Crippen molar-refractivity contribution in [2.75, 3.05) is 22.6 Å². The minimum absolute atomic E-state index is 0.0328. The predicted molar refractivity (Wildman–Crippen MR) is 162 cm³/mol. The number of carbonyl (C=O) groups is 2. The Hall–Kier alpha value is -4.79. The second-order valence-corrected chi connectivity index (χ2v) is 11.2. The topological polar surface area (TPSA) is 88.8 Å². The van der Waals surface area contributed by atoms with E-state index in [1.165, 1.54) is 24.5 Å². The number of amides is 3. The predicted octanol–water partition coefficient (Wildman–Crippen LogP) is 8.17. The van der Waals surface area contributed by atoms with E-state index < -0.39 is 42.9 Å². The molecule has 1 aromatic heterocycles. The van der Waals surface area contributed by atoms with Gasteiger partial charge in [-0.15, -0.1) is 0 Å². The van der Waals surface area contributed by atoms with E-state index in [0.717, 1.165) is 28.8 Å². The number of nitrogens with one attached hydrogen (secondary N) is 1. The first kappa shape index (κ1) is 32.6. The zero-order valence-corrected chi connectivity index (χ0v) is 25.1. The fourth-order valence-electron chi connectivity index (χ4n) is 4.51. The normalized spacial score (nSPS) is 14.7. The van der Waals surface area contributed by atoms with E-state index in [2.05, 4.69) is 15.3 Å². The number of aromatic nitrogens is 2. The highest BCUT2D eigenvalue weighted by atomic mass is 32.2. The molecule has 3 aromatic carbocycles. The number of hydrogen-bond donors (Lipinski definition) is 1. The van der Waals surface area contributed by atoms with Crippen LogP contribution < -0.4 is 15.0 Å². The largest absolute Gasteiger partial charge is 0.491 e. The number of anilines is 2. The summed E-state index contributed by atoms with van der Waals surface area (Å²) >= 11 is 1.00. The van der Waals surface area contributed by atoms with Crippen molar-refractivity contribution >= 4 is 40.2 Å². The van der Waals surface area contributed by atoms with E-state index in [1.807, 2.05) is 0 Å². The summed E-state index contributed by atoms with van der Waals surface area (Å²) in [5, 5.41) is 2.72. The molecule has 1 aliphatic rings. The maximum absolute atomic E-state index is 12.9. The molecule has 8 nitrogen and oxygen atoms in total. The lowest BCUT2D eigenvalue weighted by Gasteiger charge is -2.21. The van der Waals surface area contributed by atoms with Crippen LogP contribution in [-0.4, -0.2) is 45.2 Å². The van der Waals surface area contributed by atoms with Gasteiger partial charge in [-0.05, 0) is 73.5 Å². The Bertz CT molecular complexity index is 1800. The summed E-state index contributed by atoms with van der Waals surface area (Å²) in [7, 11) is 0. The van der Waals surface area contributed by atoms with Crippen LogP contribution in [0.25, 0.3) is 16.9 Å². The molecule has 4 aromatic rings. The van der Waals surface area contributed by atoms with Crippen molar-refractivity contribution in [3.05, 3.63) is 89.9 Å². The Balaban J connectivity index is 1.30. The van der Waals surface area contributed by atoms with Gasteiger partial charge in [0, 0.05) is 23.1 Å². The number of nitrogens with zero attached hydrogens (tertiary/aromatic N) is 4. The summed E-state index contributed by atoms with van der Waals surface area (Å²) in [5.74, 6) is -0.403. The number of imidazole rings is 1. The van der Waals surface area contributed by atoms with Crippen LogP contribution in [0.5, 0.6) is 5.75 Å². The third-order valence-corrected chi connectivity index (χ3v) is 7.72. The fraction of sp³-hybridized carbons (Fsp3) is 0.226. The van der Waals surface area contributed by atoms with E-state index in [0.29, 0.717) is 33.8 Å². The van der Waals surface area contributed by atoms with E-state index >= 15 is 0 Å². The van der Waals surface area contributed by atoms with Crippen molar-refractivity contribution in [2.45, 2.75) is 32.6 Å². The number of aryl methyl sites for hydroxylation is 2. The molecule has 0 spiro atoms. The Morgan fingerprint density at radius 3 is 2.43 bits per heavy atom. The molecule has 0 aliphatic carbocycles. The second-order valence-electron chi connectivity index (χ2n) is 10.3. The molecule has 3 amide bonds. The van der Waals surface area contributed by atoms with Crippen molar-refractivity contribution < 1.29 is 40.7 Å². The van der Waals surface area contributed by atoms with Gasteiger partial charge in [-0.25, -0.2) is 9.78 Å². The number of thioether (sulfide) groups is 1. The van der Waals surface area contributed by atoms with E-state index in [-0.39, 0.29) is 22.4 Å². The summed E-state index contributed by atoms with van der Waals surface area (Å²) < 4.78 is 83.6. The van der Waals surface area contributed by atoms with Gasteiger partial charge in [-0.2, -0.15) is 31.3 Å². The smallest absolute Gasteiger partial charge is 0.416 e. The van der Waals surface area contributed by atoms with Crippen LogP contribution in [0, 0.1) is 13.8 Å². The Morgan fingerprint density at radius 2 is 1.76 bits per heavy atom. The van der Waals surface area contributed by atoms with E-state index in [1.54, 1.807) is 54.9 Å². The number of benzene rings is 3. The number of rotatable bonds is 7. The summed E-state index contributed by atoms with van der Waals surface area (Å²) in [6.45, 7) is 2.84. The monoisotopic (exact) mass is 661 g/mol. The highest BCUT2D eigenvalue weighted by Crippen LogP contribution is 2.36. The fourth-order valence-corrected chi connectivity index (χ4v) is 5.37. The number of ether oxygens (including phenoxy) is 1. The summed E-state index contributed by atoms with van der Waals surface area (Å²) in [6, 6.07) is 13.7. The molecule has 1 fully saturated rings. The van der Waals surface area contributed by atoms with Crippen molar-refractivity contribution in [3.63, 3.8) is 0 Å². The molecule has 0 radical (unpaired) electrons. The lowest BCUT2D eigenvalue weighted by molar-refractivity contribution is -0.139. The Morgan fingerprint density at radius 1 is 1.02 bits per heavy atom. The molecule has 0 saturated carbocycles. The van der Waals surface area contributed by atoms with Gasteiger partial charge in [0.15, 0.2) is 5.17 Å². The number of urea groups is 1. The molecule has 0 bridgehead atoms. The molecule has 1 saturated heterocycles. The minimum atomic E-state index is -4.44. The van der Waals surface area contributed by atoms with Gasteiger partial charge >= 0.3 is 18.4 Å². The second kappa shape index (κ2) is 12.9. The van der Waals surface area contributed by atoms with Gasteiger partial charge in [-0.3, -0.25) is 9.69 Å². The van der Waals surface area contributed by atoms with Crippen molar-refractivity contribution in [1.82, 2.24) is 9.55 Å². The molecule has 5 rings (SSSR count). The number of aliphatic imine (C=N–C) groups is 1. The standard InChI is InChI=1S/C31H25F6N5O3S/c1-18-3-10-26(45-12-11-30(32,33)34)25(13-18)42-27(43)16-46-29(42)40-28(44)39-23-9-4-20(14-19(23)2)24-15-41(17-38-24)22-7-5-21(6-8-22)31(35,36)37/h3-10,13-15,17H,11-12,16H2,1-2H3,(H,39,44). The van der Waals surface area contributed by atoms with Crippen LogP contribution in [0.15, 0.2) is 78.2 Å². The average molecular weight is 662 g/mol. The molecule has 46 heavy (non-hydrogen) atoms.